The molecule has 4 aromatic heterocycles. The summed E-state index contributed by atoms with van der Waals surface area (Å²) in [7, 11) is 0. The van der Waals surface area contributed by atoms with Crippen LogP contribution in [0.5, 0.6) is 0 Å². The van der Waals surface area contributed by atoms with Gasteiger partial charge >= 0.3 is 0 Å². The SMILES string of the molecule is CSCCn1cc(-c2nc([C@@](C)(c3ccc(-c4cnc(N)nc4)nc3)C(C)C)no2)cn1. The maximum absolute atomic E-state index is 5.62. The van der Waals surface area contributed by atoms with E-state index in [9.17, 15) is 0 Å². The lowest BCUT2D eigenvalue weighted by Crippen LogP contribution is -2.31. The van der Waals surface area contributed by atoms with Crippen LogP contribution in [0.25, 0.3) is 22.7 Å². The third kappa shape index (κ3) is 4.22. The Morgan fingerprint density at radius 3 is 2.53 bits per heavy atom. The average Bonchev–Trinajstić information content (AvgIpc) is 3.47. The van der Waals surface area contributed by atoms with Crippen molar-refractivity contribution in [3.8, 4) is 22.7 Å². The smallest absolute Gasteiger partial charge is 0.261 e. The molecule has 0 radical (unpaired) electrons. The number of hydrogen-bond acceptors (Lipinski definition) is 9. The molecule has 10 heteroatoms. The molecule has 1 atom stereocenters. The zero-order chi connectivity index (χ0) is 22.7. The Kier molecular flexibility index (Phi) is 6.22. The summed E-state index contributed by atoms with van der Waals surface area (Å²) in [5.74, 6) is 2.51. The first-order chi connectivity index (χ1) is 15.4. The first kappa shape index (κ1) is 21.9. The molecule has 0 amide bonds. The summed E-state index contributed by atoms with van der Waals surface area (Å²) >= 11 is 1.78. The summed E-state index contributed by atoms with van der Waals surface area (Å²) in [6.07, 6.45) is 10.9. The molecular formula is C22H26N8OS. The van der Waals surface area contributed by atoms with Crippen LogP contribution in [0.3, 0.4) is 0 Å². The first-order valence-corrected chi connectivity index (χ1v) is 11.7. The average molecular weight is 451 g/mol. The predicted octanol–water partition coefficient (Wildman–Crippen LogP) is 3.69. The highest BCUT2D eigenvalue weighted by atomic mass is 32.2. The normalized spacial score (nSPS) is 13.4. The first-order valence-electron chi connectivity index (χ1n) is 10.3. The molecule has 0 aromatic carbocycles. The van der Waals surface area contributed by atoms with Crippen molar-refractivity contribution in [2.24, 2.45) is 5.92 Å². The number of nitrogens with two attached hydrogens (primary N) is 1. The molecule has 0 saturated carbocycles. The van der Waals surface area contributed by atoms with Gasteiger partial charge in [-0.2, -0.15) is 21.8 Å². The van der Waals surface area contributed by atoms with E-state index in [-0.39, 0.29) is 11.9 Å². The van der Waals surface area contributed by atoms with Crippen molar-refractivity contribution in [1.82, 2.24) is 34.9 Å². The standard InChI is InChI=1S/C22H26N8OS/c1-14(2)22(3,17-5-6-18(24-12-17)15-9-25-21(23)26-10-15)20-28-19(31-29-20)16-11-27-30(13-16)7-8-32-4/h5-6,9-14H,7-8H2,1-4H3,(H2,23,25,26)/t22-/m1/s1. The number of hydrogen-bond donors (Lipinski definition) is 1. The van der Waals surface area contributed by atoms with Crippen molar-refractivity contribution in [1.29, 1.82) is 0 Å². The number of thioether (sulfide) groups is 1. The van der Waals surface area contributed by atoms with E-state index >= 15 is 0 Å². The topological polar surface area (TPSA) is 121 Å². The number of anilines is 1. The summed E-state index contributed by atoms with van der Waals surface area (Å²) in [6, 6.07) is 3.98. The van der Waals surface area contributed by atoms with E-state index in [0.29, 0.717) is 11.7 Å². The Labute approximate surface area is 190 Å². The van der Waals surface area contributed by atoms with E-state index in [2.05, 4.69) is 52.2 Å². The minimum atomic E-state index is -0.486. The lowest BCUT2D eigenvalue weighted by molar-refractivity contribution is 0.350. The van der Waals surface area contributed by atoms with Crippen molar-refractivity contribution in [3.63, 3.8) is 0 Å². The lowest BCUT2D eigenvalue weighted by Gasteiger charge is -2.30. The number of nitrogens with zero attached hydrogens (tertiary/aromatic N) is 7. The van der Waals surface area contributed by atoms with Gasteiger partial charge in [0.1, 0.15) is 0 Å². The summed E-state index contributed by atoms with van der Waals surface area (Å²) in [5.41, 5.74) is 8.47. The number of nitrogen functional groups attached to an aromatic ring is 1. The quantitative estimate of drug-likeness (QED) is 0.428. The highest BCUT2D eigenvalue weighted by molar-refractivity contribution is 7.98. The van der Waals surface area contributed by atoms with Gasteiger partial charge in [0.25, 0.3) is 5.89 Å². The molecule has 0 fully saturated rings. The number of aryl methyl sites for hydroxylation is 1. The summed E-state index contributed by atoms with van der Waals surface area (Å²) in [6.45, 7) is 7.22. The highest BCUT2D eigenvalue weighted by Crippen LogP contribution is 2.38. The maximum Gasteiger partial charge on any atom is 0.261 e. The molecule has 4 aromatic rings. The van der Waals surface area contributed by atoms with Gasteiger partial charge in [-0.05, 0) is 30.7 Å². The second-order valence-corrected chi connectivity index (χ2v) is 9.01. The fourth-order valence-corrected chi connectivity index (χ4v) is 3.77. The zero-order valence-electron chi connectivity index (χ0n) is 18.6. The second-order valence-electron chi connectivity index (χ2n) is 8.03. The van der Waals surface area contributed by atoms with E-state index < -0.39 is 5.41 Å². The van der Waals surface area contributed by atoms with E-state index in [0.717, 1.165) is 34.7 Å². The van der Waals surface area contributed by atoms with E-state index in [1.807, 2.05) is 29.2 Å². The molecule has 0 aliphatic heterocycles. The van der Waals surface area contributed by atoms with Gasteiger partial charge in [0.05, 0.1) is 22.9 Å². The highest BCUT2D eigenvalue weighted by Gasteiger charge is 2.38. The molecule has 9 nitrogen and oxygen atoms in total. The van der Waals surface area contributed by atoms with Crippen molar-refractivity contribution in [2.75, 3.05) is 17.7 Å². The van der Waals surface area contributed by atoms with Crippen molar-refractivity contribution in [2.45, 2.75) is 32.7 Å². The zero-order valence-corrected chi connectivity index (χ0v) is 19.4. The molecule has 32 heavy (non-hydrogen) atoms. The predicted molar refractivity (Wildman–Crippen MR) is 125 cm³/mol. The minimum Gasteiger partial charge on any atom is -0.368 e. The molecule has 2 N–H and O–H groups in total. The lowest BCUT2D eigenvalue weighted by atomic mass is 9.73. The van der Waals surface area contributed by atoms with Crippen LogP contribution >= 0.6 is 11.8 Å². The minimum absolute atomic E-state index is 0.199. The summed E-state index contributed by atoms with van der Waals surface area (Å²) < 4.78 is 7.51. The third-order valence-electron chi connectivity index (χ3n) is 5.78. The molecular weight excluding hydrogens is 424 g/mol. The van der Waals surface area contributed by atoms with Crippen LogP contribution in [0.2, 0.25) is 0 Å². The fraction of sp³-hybridized carbons (Fsp3) is 0.364. The van der Waals surface area contributed by atoms with Crippen LogP contribution in [0.15, 0.2) is 47.6 Å². The Morgan fingerprint density at radius 2 is 1.88 bits per heavy atom. The molecule has 0 bridgehead atoms. The largest absolute Gasteiger partial charge is 0.368 e. The van der Waals surface area contributed by atoms with Gasteiger partial charge in [-0.1, -0.05) is 25.1 Å². The molecule has 0 unspecified atom stereocenters. The Hall–Kier alpha value is -3.27. The van der Waals surface area contributed by atoms with Gasteiger partial charge in [0.15, 0.2) is 5.82 Å². The molecule has 4 rings (SSSR count). The number of rotatable bonds is 8. The molecule has 0 aliphatic carbocycles. The molecule has 0 spiro atoms. The van der Waals surface area contributed by atoms with Crippen LogP contribution in [0, 0.1) is 5.92 Å². The van der Waals surface area contributed by atoms with Gasteiger partial charge in [-0.15, -0.1) is 0 Å². The van der Waals surface area contributed by atoms with E-state index in [1.54, 1.807) is 30.4 Å². The van der Waals surface area contributed by atoms with Crippen molar-refractivity contribution < 1.29 is 4.52 Å². The summed E-state index contributed by atoms with van der Waals surface area (Å²) in [4.78, 5) is 17.4. The molecule has 4 heterocycles. The number of aromatic nitrogens is 7. The van der Waals surface area contributed by atoms with Crippen LogP contribution in [-0.2, 0) is 12.0 Å². The Bertz CT molecular complexity index is 1170. The van der Waals surface area contributed by atoms with Gasteiger partial charge in [0, 0.05) is 42.6 Å². The third-order valence-corrected chi connectivity index (χ3v) is 6.37. The van der Waals surface area contributed by atoms with Crippen molar-refractivity contribution in [3.05, 3.63) is 54.5 Å². The summed E-state index contributed by atoms with van der Waals surface area (Å²) in [5, 5.41) is 8.72. The monoisotopic (exact) mass is 450 g/mol. The van der Waals surface area contributed by atoms with Crippen LogP contribution < -0.4 is 5.73 Å². The van der Waals surface area contributed by atoms with Crippen LogP contribution in [0.4, 0.5) is 5.95 Å². The Balaban J connectivity index is 1.63. The number of pyridine rings is 1. The van der Waals surface area contributed by atoms with Gasteiger partial charge < -0.3 is 10.3 Å². The molecule has 166 valence electrons. The van der Waals surface area contributed by atoms with Gasteiger partial charge in [0.2, 0.25) is 5.95 Å². The maximum atomic E-state index is 5.62. The van der Waals surface area contributed by atoms with Gasteiger partial charge in [-0.3, -0.25) is 9.67 Å². The molecule has 0 aliphatic rings. The fourth-order valence-electron chi connectivity index (χ4n) is 3.40. The van der Waals surface area contributed by atoms with Crippen molar-refractivity contribution >= 4 is 17.7 Å². The van der Waals surface area contributed by atoms with E-state index in [4.69, 9.17) is 15.2 Å². The van der Waals surface area contributed by atoms with Crippen LogP contribution in [-0.4, -0.2) is 46.9 Å². The van der Waals surface area contributed by atoms with E-state index in [1.165, 1.54) is 0 Å². The van der Waals surface area contributed by atoms with Crippen LogP contribution in [0.1, 0.15) is 32.2 Å². The Morgan fingerprint density at radius 1 is 1.09 bits per heavy atom. The second kappa shape index (κ2) is 9.07. The van der Waals surface area contributed by atoms with Gasteiger partial charge in [-0.25, -0.2) is 9.97 Å². The molecule has 0 saturated heterocycles.